The van der Waals surface area contributed by atoms with E-state index in [4.69, 9.17) is 4.74 Å². The van der Waals surface area contributed by atoms with E-state index in [2.05, 4.69) is 4.98 Å². The molecule has 0 saturated heterocycles. The van der Waals surface area contributed by atoms with Gasteiger partial charge in [0.05, 0.1) is 25.4 Å². The Kier molecular flexibility index (Phi) is 4.49. The third kappa shape index (κ3) is 3.13. The lowest BCUT2D eigenvalue weighted by atomic mass is 10.1. The molecule has 0 amide bonds. The Balaban J connectivity index is 1.77. The van der Waals surface area contributed by atoms with Crippen molar-refractivity contribution < 1.29 is 9.13 Å². The molecule has 0 spiro atoms. The minimum Gasteiger partial charge on any atom is -0.494 e. The van der Waals surface area contributed by atoms with Gasteiger partial charge in [0.25, 0.3) is 5.56 Å². The Hall–Kier alpha value is -2.99. The highest BCUT2D eigenvalue weighted by atomic mass is 32.1. The molecule has 0 aliphatic heterocycles. The summed E-state index contributed by atoms with van der Waals surface area (Å²) in [7, 11) is 1.42. The number of thiophene rings is 1. The molecule has 0 bridgehead atoms. The SMILES string of the molecule is COc1ccc(Cn2cnc3sc(-c4ccccc4)c(C)c3c2=O)cc1F. The van der Waals surface area contributed by atoms with Crippen LogP contribution in [0.15, 0.2) is 59.7 Å². The maximum Gasteiger partial charge on any atom is 0.262 e. The van der Waals surface area contributed by atoms with Crippen molar-refractivity contribution in [2.24, 2.45) is 0 Å². The number of hydrogen-bond donors (Lipinski definition) is 0. The van der Waals surface area contributed by atoms with Crippen molar-refractivity contribution in [2.75, 3.05) is 7.11 Å². The Morgan fingerprint density at radius 1 is 1.19 bits per heavy atom. The third-order valence-corrected chi connectivity index (χ3v) is 5.77. The van der Waals surface area contributed by atoms with Gasteiger partial charge in [-0.1, -0.05) is 36.4 Å². The van der Waals surface area contributed by atoms with Crippen LogP contribution in [0.2, 0.25) is 0 Å². The molecule has 4 aromatic rings. The molecule has 0 N–H and O–H groups in total. The molecule has 2 heterocycles. The summed E-state index contributed by atoms with van der Waals surface area (Å²) >= 11 is 1.51. The highest BCUT2D eigenvalue weighted by Gasteiger charge is 2.16. The van der Waals surface area contributed by atoms with Gasteiger partial charge in [0, 0.05) is 4.88 Å². The number of ether oxygens (including phenoxy) is 1. The molecular weight excluding hydrogens is 363 g/mol. The monoisotopic (exact) mass is 380 g/mol. The van der Waals surface area contributed by atoms with Crippen LogP contribution in [-0.4, -0.2) is 16.7 Å². The molecule has 0 atom stereocenters. The lowest BCUT2D eigenvalue weighted by Gasteiger charge is -2.08. The number of aryl methyl sites for hydroxylation is 1. The Morgan fingerprint density at radius 2 is 1.96 bits per heavy atom. The molecule has 0 fully saturated rings. The van der Waals surface area contributed by atoms with Gasteiger partial charge in [0.2, 0.25) is 0 Å². The number of methoxy groups -OCH3 is 1. The van der Waals surface area contributed by atoms with Gasteiger partial charge >= 0.3 is 0 Å². The lowest BCUT2D eigenvalue weighted by molar-refractivity contribution is 0.386. The van der Waals surface area contributed by atoms with Crippen molar-refractivity contribution in [1.82, 2.24) is 9.55 Å². The molecule has 4 rings (SSSR count). The van der Waals surface area contributed by atoms with E-state index in [9.17, 15) is 9.18 Å². The fourth-order valence-corrected chi connectivity index (χ4v) is 4.29. The first-order valence-electron chi connectivity index (χ1n) is 8.45. The molecule has 2 aromatic carbocycles. The van der Waals surface area contributed by atoms with Crippen LogP contribution in [0.1, 0.15) is 11.1 Å². The van der Waals surface area contributed by atoms with Gasteiger partial charge in [-0.2, -0.15) is 0 Å². The number of nitrogens with zero attached hydrogens (tertiary/aromatic N) is 2. The van der Waals surface area contributed by atoms with Crippen LogP contribution in [0.4, 0.5) is 4.39 Å². The quantitative estimate of drug-likeness (QED) is 0.518. The normalized spacial score (nSPS) is 11.1. The van der Waals surface area contributed by atoms with Crippen LogP contribution >= 0.6 is 11.3 Å². The molecule has 0 aliphatic carbocycles. The third-order valence-electron chi connectivity index (χ3n) is 4.52. The molecule has 27 heavy (non-hydrogen) atoms. The molecule has 6 heteroatoms. The Bertz CT molecular complexity index is 1180. The van der Waals surface area contributed by atoms with Gasteiger partial charge in [-0.3, -0.25) is 9.36 Å². The van der Waals surface area contributed by atoms with Crippen LogP contribution in [0.3, 0.4) is 0 Å². The van der Waals surface area contributed by atoms with E-state index < -0.39 is 5.82 Å². The van der Waals surface area contributed by atoms with Crippen molar-refractivity contribution in [3.05, 3.63) is 82.2 Å². The number of benzene rings is 2. The van der Waals surface area contributed by atoms with Gasteiger partial charge in [-0.25, -0.2) is 9.37 Å². The summed E-state index contributed by atoms with van der Waals surface area (Å²) in [5.41, 5.74) is 2.55. The molecule has 0 unspecified atom stereocenters. The average Bonchev–Trinajstić information content (AvgIpc) is 3.02. The Labute approximate surface area is 159 Å². The van der Waals surface area contributed by atoms with Crippen molar-refractivity contribution in [3.8, 4) is 16.2 Å². The van der Waals surface area contributed by atoms with E-state index in [-0.39, 0.29) is 17.9 Å². The predicted molar refractivity (Wildman–Crippen MR) is 106 cm³/mol. The van der Waals surface area contributed by atoms with E-state index >= 15 is 0 Å². The number of aromatic nitrogens is 2. The fourth-order valence-electron chi connectivity index (χ4n) is 3.14. The van der Waals surface area contributed by atoms with Crippen LogP contribution in [0.5, 0.6) is 5.75 Å². The van der Waals surface area contributed by atoms with Crippen molar-refractivity contribution in [1.29, 1.82) is 0 Å². The molecule has 0 aliphatic rings. The van der Waals surface area contributed by atoms with Gasteiger partial charge in [-0.15, -0.1) is 11.3 Å². The molecule has 2 aromatic heterocycles. The van der Waals surface area contributed by atoms with E-state index in [1.165, 1.54) is 35.4 Å². The van der Waals surface area contributed by atoms with Gasteiger partial charge in [0.1, 0.15) is 4.83 Å². The summed E-state index contributed by atoms with van der Waals surface area (Å²) in [5.74, 6) is -0.268. The predicted octanol–water partition coefficient (Wildman–Crippen LogP) is 4.63. The number of rotatable bonds is 4. The highest BCUT2D eigenvalue weighted by Crippen LogP contribution is 2.35. The zero-order valence-electron chi connectivity index (χ0n) is 14.9. The van der Waals surface area contributed by atoms with Crippen molar-refractivity contribution in [2.45, 2.75) is 13.5 Å². The van der Waals surface area contributed by atoms with Crippen LogP contribution < -0.4 is 10.3 Å². The van der Waals surface area contributed by atoms with E-state index in [1.807, 2.05) is 37.3 Å². The second kappa shape index (κ2) is 6.96. The zero-order chi connectivity index (χ0) is 19.0. The van der Waals surface area contributed by atoms with Gasteiger partial charge in [-0.05, 0) is 35.7 Å². The second-order valence-corrected chi connectivity index (χ2v) is 7.25. The minimum absolute atomic E-state index is 0.118. The lowest BCUT2D eigenvalue weighted by Crippen LogP contribution is -2.21. The van der Waals surface area contributed by atoms with E-state index in [0.29, 0.717) is 15.8 Å². The summed E-state index contributed by atoms with van der Waals surface area (Å²) in [6.45, 7) is 2.19. The van der Waals surface area contributed by atoms with Crippen molar-refractivity contribution in [3.63, 3.8) is 0 Å². The van der Waals surface area contributed by atoms with Crippen LogP contribution in [-0.2, 0) is 6.54 Å². The van der Waals surface area contributed by atoms with Crippen molar-refractivity contribution >= 4 is 21.6 Å². The maximum absolute atomic E-state index is 13.9. The first-order chi connectivity index (χ1) is 13.1. The molecule has 136 valence electrons. The fraction of sp³-hybridized carbons (Fsp3) is 0.143. The number of halogens is 1. The first-order valence-corrected chi connectivity index (χ1v) is 9.26. The van der Waals surface area contributed by atoms with Gasteiger partial charge in [0.15, 0.2) is 11.6 Å². The average molecular weight is 380 g/mol. The minimum atomic E-state index is -0.449. The summed E-state index contributed by atoms with van der Waals surface area (Å²) in [5, 5.41) is 0.621. The summed E-state index contributed by atoms with van der Waals surface area (Å²) in [6.07, 6.45) is 1.53. The van der Waals surface area contributed by atoms with Crippen LogP contribution in [0.25, 0.3) is 20.7 Å². The maximum atomic E-state index is 13.9. The van der Waals surface area contributed by atoms with Crippen LogP contribution in [0, 0.1) is 12.7 Å². The first kappa shape index (κ1) is 17.4. The Morgan fingerprint density at radius 3 is 2.67 bits per heavy atom. The highest BCUT2D eigenvalue weighted by molar-refractivity contribution is 7.22. The standard InChI is InChI=1S/C21H17FN2O2S/c1-13-18-20(27-19(13)15-6-4-3-5-7-15)23-12-24(21(18)25)11-14-8-9-17(26-2)16(22)10-14/h3-10,12H,11H2,1-2H3. The zero-order valence-corrected chi connectivity index (χ0v) is 15.7. The van der Waals surface area contributed by atoms with E-state index in [1.54, 1.807) is 12.1 Å². The number of fused-ring (bicyclic) bond motifs is 1. The molecule has 0 saturated carbocycles. The largest absolute Gasteiger partial charge is 0.494 e. The molecule has 4 nitrogen and oxygen atoms in total. The van der Waals surface area contributed by atoms with E-state index in [0.717, 1.165) is 16.0 Å². The summed E-state index contributed by atoms with van der Waals surface area (Å²) < 4.78 is 20.4. The number of hydrogen-bond acceptors (Lipinski definition) is 4. The summed E-state index contributed by atoms with van der Waals surface area (Å²) in [6, 6.07) is 14.6. The van der Waals surface area contributed by atoms with Gasteiger partial charge < -0.3 is 4.74 Å². The second-order valence-electron chi connectivity index (χ2n) is 6.25. The summed E-state index contributed by atoms with van der Waals surface area (Å²) in [4.78, 5) is 19.2. The topological polar surface area (TPSA) is 44.1 Å². The smallest absolute Gasteiger partial charge is 0.262 e. The molecular formula is C21H17FN2O2S. The molecule has 0 radical (unpaired) electrons.